The monoisotopic (exact) mass is 423 g/mol. The van der Waals surface area contributed by atoms with Crippen LogP contribution < -0.4 is 0 Å². The standard InChI is InChI=1S/C22H25N5O2S/c1-26(2)16-10-8-15(9-11-16)21-24-19-14-23-22-18(20(19)25-21)12-13-27(22)30(28,29)17-6-4-3-5-7-17/h3-7,12-16H,8-11H2,1-2H3,(H,24,25). The number of pyridine rings is 1. The Morgan fingerprint density at radius 1 is 1.07 bits per heavy atom. The summed E-state index contributed by atoms with van der Waals surface area (Å²) in [5.41, 5.74) is 2.04. The van der Waals surface area contributed by atoms with Crippen LogP contribution in [0.25, 0.3) is 22.1 Å². The van der Waals surface area contributed by atoms with E-state index in [0.29, 0.717) is 17.6 Å². The normalized spacial score (nSPS) is 20.4. The maximum Gasteiger partial charge on any atom is 0.269 e. The highest BCUT2D eigenvalue weighted by Crippen LogP contribution is 2.35. The quantitative estimate of drug-likeness (QED) is 0.541. The molecule has 7 nitrogen and oxygen atoms in total. The van der Waals surface area contributed by atoms with Gasteiger partial charge in [-0.25, -0.2) is 22.4 Å². The summed E-state index contributed by atoms with van der Waals surface area (Å²) in [6.45, 7) is 0. The van der Waals surface area contributed by atoms with Crippen molar-refractivity contribution < 1.29 is 8.42 Å². The van der Waals surface area contributed by atoms with Crippen molar-refractivity contribution in [2.45, 2.75) is 42.5 Å². The minimum Gasteiger partial charge on any atom is -0.340 e. The number of benzene rings is 1. The molecule has 5 rings (SSSR count). The lowest BCUT2D eigenvalue weighted by molar-refractivity contribution is 0.214. The largest absolute Gasteiger partial charge is 0.340 e. The van der Waals surface area contributed by atoms with Crippen LogP contribution in [0.2, 0.25) is 0 Å². The van der Waals surface area contributed by atoms with Crippen LogP contribution in [0, 0.1) is 0 Å². The predicted molar refractivity (Wildman–Crippen MR) is 117 cm³/mol. The fraction of sp³-hybridized carbons (Fsp3) is 0.364. The molecule has 156 valence electrons. The number of imidazole rings is 1. The third kappa shape index (κ3) is 3.11. The zero-order valence-electron chi connectivity index (χ0n) is 17.1. The van der Waals surface area contributed by atoms with E-state index in [1.165, 1.54) is 3.97 Å². The minimum atomic E-state index is -3.71. The number of aromatic amines is 1. The van der Waals surface area contributed by atoms with E-state index >= 15 is 0 Å². The molecule has 0 unspecified atom stereocenters. The number of aromatic nitrogens is 4. The Morgan fingerprint density at radius 3 is 2.50 bits per heavy atom. The van der Waals surface area contributed by atoms with Crippen LogP contribution in [0.15, 0.2) is 53.7 Å². The van der Waals surface area contributed by atoms with E-state index in [9.17, 15) is 8.42 Å². The summed E-state index contributed by atoms with van der Waals surface area (Å²) in [6.07, 6.45) is 7.78. The Balaban J connectivity index is 1.53. The summed E-state index contributed by atoms with van der Waals surface area (Å²) in [4.78, 5) is 15.3. The first-order chi connectivity index (χ1) is 14.4. The molecular formula is C22H25N5O2S. The van der Waals surface area contributed by atoms with Gasteiger partial charge < -0.3 is 9.88 Å². The fourth-order valence-electron chi connectivity index (χ4n) is 4.51. The van der Waals surface area contributed by atoms with Gasteiger partial charge in [0.15, 0.2) is 5.65 Å². The summed E-state index contributed by atoms with van der Waals surface area (Å²) < 4.78 is 27.4. The Labute approximate surface area is 175 Å². The lowest BCUT2D eigenvalue weighted by Gasteiger charge is -2.31. The molecule has 0 amide bonds. The molecule has 0 spiro atoms. The zero-order valence-corrected chi connectivity index (χ0v) is 17.9. The molecule has 0 bridgehead atoms. The minimum absolute atomic E-state index is 0.241. The second-order valence-corrected chi connectivity index (χ2v) is 10.1. The van der Waals surface area contributed by atoms with Gasteiger partial charge in [0.05, 0.1) is 16.6 Å². The molecule has 0 aliphatic heterocycles. The van der Waals surface area contributed by atoms with Crippen molar-refractivity contribution in [2.75, 3.05) is 14.1 Å². The summed E-state index contributed by atoms with van der Waals surface area (Å²) in [5.74, 6) is 1.38. The van der Waals surface area contributed by atoms with E-state index in [2.05, 4.69) is 29.0 Å². The van der Waals surface area contributed by atoms with Crippen molar-refractivity contribution in [3.05, 3.63) is 54.6 Å². The molecule has 1 N–H and O–H groups in total. The van der Waals surface area contributed by atoms with Crippen molar-refractivity contribution in [1.82, 2.24) is 23.8 Å². The van der Waals surface area contributed by atoms with Gasteiger partial charge in [-0.2, -0.15) is 0 Å². The van der Waals surface area contributed by atoms with Gasteiger partial charge in [-0.05, 0) is 58.0 Å². The maximum absolute atomic E-state index is 13.1. The number of fused-ring (bicyclic) bond motifs is 3. The first-order valence-electron chi connectivity index (χ1n) is 10.3. The number of rotatable bonds is 4. The maximum atomic E-state index is 13.1. The molecule has 0 atom stereocenters. The van der Waals surface area contributed by atoms with E-state index in [4.69, 9.17) is 4.98 Å². The van der Waals surface area contributed by atoms with Crippen LogP contribution in [0.5, 0.6) is 0 Å². The molecule has 4 aromatic rings. The van der Waals surface area contributed by atoms with E-state index in [-0.39, 0.29) is 4.90 Å². The van der Waals surface area contributed by atoms with Crippen LogP contribution in [-0.2, 0) is 10.0 Å². The van der Waals surface area contributed by atoms with Gasteiger partial charge >= 0.3 is 0 Å². The SMILES string of the molecule is CN(C)C1CCC(c2nc3c(cnc4c3ccn4S(=O)(=O)c3ccccc3)[nH]2)CC1. The molecule has 1 aromatic carbocycles. The van der Waals surface area contributed by atoms with Crippen LogP contribution in [0.1, 0.15) is 37.4 Å². The average Bonchev–Trinajstić information content (AvgIpc) is 3.38. The number of hydrogen-bond donors (Lipinski definition) is 1. The molecule has 1 aliphatic carbocycles. The molecule has 1 fully saturated rings. The van der Waals surface area contributed by atoms with Gasteiger partial charge in [-0.15, -0.1) is 0 Å². The Kier molecular flexibility index (Phi) is 4.63. The van der Waals surface area contributed by atoms with Crippen LogP contribution in [-0.4, -0.2) is 52.4 Å². The van der Waals surface area contributed by atoms with Gasteiger partial charge in [0.2, 0.25) is 0 Å². The van der Waals surface area contributed by atoms with Gasteiger partial charge in [0.1, 0.15) is 11.3 Å². The third-order valence-electron chi connectivity index (χ3n) is 6.26. The number of hydrogen-bond acceptors (Lipinski definition) is 5. The fourth-order valence-corrected chi connectivity index (χ4v) is 5.83. The molecular weight excluding hydrogens is 398 g/mol. The van der Waals surface area contributed by atoms with E-state index in [1.807, 2.05) is 0 Å². The highest BCUT2D eigenvalue weighted by molar-refractivity contribution is 7.90. The molecule has 1 aliphatic rings. The molecule has 8 heteroatoms. The Bertz CT molecular complexity index is 1300. The van der Waals surface area contributed by atoms with Gasteiger partial charge in [-0.3, -0.25) is 0 Å². The summed E-state index contributed by atoms with van der Waals surface area (Å²) >= 11 is 0. The zero-order chi connectivity index (χ0) is 20.9. The molecule has 0 radical (unpaired) electrons. The van der Waals surface area contributed by atoms with Crippen molar-refractivity contribution in [3.8, 4) is 0 Å². The summed E-state index contributed by atoms with van der Waals surface area (Å²) in [7, 11) is 0.576. The molecule has 30 heavy (non-hydrogen) atoms. The first kappa shape index (κ1) is 19.3. The van der Waals surface area contributed by atoms with Gasteiger partial charge in [-0.1, -0.05) is 18.2 Å². The highest BCUT2D eigenvalue weighted by Gasteiger charge is 2.26. The molecule has 0 saturated heterocycles. The molecule has 3 aromatic heterocycles. The highest BCUT2D eigenvalue weighted by atomic mass is 32.2. The van der Waals surface area contributed by atoms with Gasteiger partial charge in [0.25, 0.3) is 10.0 Å². The number of H-pyrrole nitrogens is 1. The van der Waals surface area contributed by atoms with Crippen LogP contribution in [0.3, 0.4) is 0 Å². The Hall–Kier alpha value is -2.71. The van der Waals surface area contributed by atoms with Crippen molar-refractivity contribution >= 4 is 32.1 Å². The lowest BCUT2D eigenvalue weighted by atomic mass is 9.85. The van der Waals surface area contributed by atoms with Crippen LogP contribution >= 0.6 is 0 Å². The van der Waals surface area contributed by atoms with Crippen molar-refractivity contribution in [2.24, 2.45) is 0 Å². The van der Waals surface area contributed by atoms with E-state index in [1.54, 1.807) is 48.8 Å². The summed E-state index contributed by atoms with van der Waals surface area (Å²) in [5, 5.41) is 0.747. The number of nitrogens with zero attached hydrogens (tertiary/aromatic N) is 4. The smallest absolute Gasteiger partial charge is 0.269 e. The summed E-state index contributed by atoms with van der Waals surface area (Å²) in [6, 6.07) is 10.8. The molecule has 1 saturated carbocycles. The first-order valence-corrected chi connectivity index (χ1v) is 11.7. The van der Waals surface area contributed by atoms with Crippen LogP contribution in [0.4, 0.5) is 0 Å². The average molecular weight is 424 g/mol. The van der Waals surface area contributed by atoms with E-state index in [0.717, 1.165) is 47.9 Å². The second kappa shape index (κ2) is 7.21. The predicted octanol–water partition coefficient (Wildman–Crippen LogP) is 3.74. The van der Waals surface area contributed by atoms with Crippen molar-refractivity contribution in [1.29, 1.82) is 0 Å². The topological polar surface area (TPSA) is 83.9 Å². The number of nitrogens with one attached hydrogen (secondary N) is 1. The van der Waals surface area contributed by atoms with Gasteiger partial charge in [0, 0.05) is 23.5 Å². The van der Waals surface area contributed by atoms with Crippen molar-refractivity contribution in [3.63, 3.8) is 0 Å². The lowest BCUT2D eigenvalue weighted by Crippen LogP contribution is -2.31. The second-order valence-electron chi connectivity index (χ2n) is 8.28. The third-order valence-corrected chi connectivity index (χ3v) is 7.94. The molecule has 3 heterocycles. The van der Waals surface area contributed by atoms with E-state index < -0.39 is 10.0 Å². The Morgan fingerprint density at radius 2 is 1.80 bits per heavy atom.